The maximum absolute atomic E-state index is 13.0. The van der Waals surface area contributed by atoms with Gasteiger partial charge in [0.05, 0.1) is 9.79 Å². The molecule has 0 bridgehead atoms. The van der Waals surface area contributed by atoms with Gasteiger partial charge >= 0.3 is 0 Å². The van der Waals surface area contributed by atoms with Gasteiger partial charge in [-0.1, -0.05) is 49.7 Å². The summed E-state index contributed by atoms with van der Waals surface area (Å²) in [5, 5.41) is 0.568. The monoisotopic (exact) mass is 458 g/mol. The van der Waals surface area contributed by atoms with Gasteiger partial charge in [0, 0.05) is 23.9 Å². The zero-order valence-corrected chi connectivity index (χ0v) is 19.4. The van der Waals surface area contributed by atoms with Gasteiger partial charge in [0.25, 0.3) is 0 Å². The van der Waals surface area contributed by atoms with Gasteiger partial charge in [-0.25, -0.2) is 21.6 Å². The van der Waals surface area contributed by atoms with E-state index >= 15 is 0 Å². The van der Waals surface area contributed by atoms with E-state index in [0.717, 1.165) is 24.9 Å². The lowest BCUT2D eigenvalue weighted by Gasteiger charge is -2.31. The van der Waals surface area contributed by atoms with Crippen LogP contribution >= 0.6 is 11.6 Å². The summed E-state index contributed by atoms with van der Waals surface area (Å²) in [6, 6.07) is 11.2. The number of nitrogens with one attached hydrogen (secondary N) is 1. The van der Waals surface area contributed by atoms with E-state index in [1.54, 1.807) is 13.0 Å². The van der Waals surface area contributed by atoms with Gasteiger partial charge in [0.15, 0.2) is 9.84 Å². The summed E-state index contributed by atoms with van der Waals surface area (Å²) in [6.45, 7) is 7.18. The van der Waals surface area contributed by atoms with Crippen LogP contribution in [0.5, 0.6) is 0 Å². The van der Waals surface area contributed by atoms with E-state index < -0.39 is 19.9 Å². The molecule has 0 aromatic heterocycles. The van der Waals surface area contributed by atoms with Gasteiger partial charge in [0.2, 0.25) is 10.0 Å². The van der Waals surface area contributed by atoms with Crippen molar-refractivity contribution in [3.8, 4) is 0 Å². The van der Waals surface area contributed by atoms with Crippen molar-refractivity contribution in [1.29, 1.82) is 0 Å². The highest BCUT2D eigenvalue weighted by Gasteiger charge is 2.25. The third-order valence-corrected chi connectivity index (χ3v) is 7.88. The molecule has 9 heteroatoms. The average Bonchev–Trinajstić information content (AvgIpc) is 2.65. The van der Waals surface area contributed by atoms with Gasteiger partial charge in [0.1, 0.15) is 0 Å². The molecule has 0 fully saturated rings. The van der Waals surface area contributed by atoms with Crippen molar-refractivity contribution < 1.29 is 16.8 Å². The Kier molecular flexibility index (Phi) is 7.86. The van der Waals surface area contributed by atoms with Gasteiger partial charge in [-0.3, -0.25) is 4.90 Å². The lowest BCUT2D eigenvalue weighted by atomic mass is 10.1. The summed E-state index contributed by atoms with van der Waals surface area (Å²) in [7, 11) is -7.45. The molecule has 1 unspecified atom stereocenters. The van der Waals surface area contributed by atoms with E-state index in [-0.39, 0.29) is 22.4 Å². The van der Waals surface area contributed by atoms with E-state index in [0.29, 0.717) is 10.6 Å². The van der Waals surface area contributed by atoms with Crippen molar-refractivity contribution in [1.82, 2.24) is 9.62 Å². The number of hydrogen-bond donors (Lipinski definition) is 1. The van der Waals surface area contributed by atoms with Gasteiger partial charge in [-0.15, -0.1) is 0 Å². The number of halogens is 1. The van der Waals surface area contributed by atoms with Crippen LogP contribution in [-0.2, 0) is 19.9 Å². The highest BCUT2D eigenvalue weighted by Crippen LogP contribution is 2.28. The van der Waals surface area contributed by atoms with E-state index in [1.807, 2.05) is 32.0 Å². The molecule has 0 heterocycles. The quantitative estimate of drug-likeness (QED) is 0.622. The smallest absolute Gasteiger partial charge is 0.240 e. The number of likely N-dealkylation sites (N-methyl/N-ethyl adjacent to an activating group) is 1. The molecule has 0 spiro atoms. The van der Waals surface area contributed by atoms with Crippen molar-refractivity contribution in [3.63, 3.8) is 0 Å². The second kappa shape index (κ2) is 9.57. The average molecular weight is 459 g/mol. The Hall–Kier alpha value is -1.45. The summed E-state index contributed by atoms with van der Waals surface area (Å²) in [6.07, 6.45) is 1.05. The number of sulfone groups is 1. The van der Waals surface area contributed by atoms with E-state index in [1.165, 1.54) is 18.2 Å². The molecule has 29 heavy (non-hydrogen) atoms. The molecule has 160 valence electrons. The van der Waals surface area contributed by atoms with Gasteiger partial charge < -0.3 is 0 Å². The third kappa shape index (κ3) is 5.79. The van der Waals surface area contributed by atoms with Crippen LogP contribution in [-0.4, -0.2) is 47.6 Å². The van der Waals surface area contributed by atoms with Crippen molar-refractivity contribution in [2.75, 3.05) is 25.9 Å². The van der Waals surface area contributed by atoms with Crippen molar-refractivity contribution >= 4 is 31.5 Å². The predicted octanol–water partition coefficient (Wildman–Crippen LogP) is 3.41. The molecule has 0 amide bonds. The van der Waals surface area contributed by atoms with E-state index in [2.05, 4.69) is 9.62 Å². The molecule has 0 radical (unpaired) electrons. The standard InChI is InChI=1S/C20H27ClN2O4S2/c1-5-23(6-2)19(17-9-7-8-10-18(17)21)14-22-29(26,27)20-13-16(28(4,24)25)12-11-15(20)3/h7-13,19,22H,5-6,14H2,1-4H3. The van der Waals surface area contributed by atoms with Crippen molar-refractivity contribution in [2.24, 2.45) is 0 Å². The van der Waals surface area contributed by atoms with Crippen LogP contribution < -0.4 is 4.72 Å². The lowest BCUT2D eigenvalue weighted by molar-refractivity contribution is 0.220. The molecule has 2 rings (SSSR count). The Bertz CT molecular complexity index is 1070. The normalized spacial score (nSPS) is 13.6. The highest BCUT2D eigenvalue weighted by molar-refractivity contribution is 7.91. The summed E-state index contributed by atoms with van der Waals surface area (Å²) in [5.74, 6) is 0. The number of hydrogen-bond acceptors (Lipinski definition) is 5. The van der Waals surface area contributed by atoms with Crippen LogP contribution in [0.3, 0.4) is 0 Å². The molecule has 0 saturated carbocycles. The molecule has 1 N–H and O–H groups in total. The Morgan fingerprint density at radius 3 is 2.21 bits per heavy atom. The van der Waals surface area contributed by atoms with E-state index in [9.17, 15) is 16.8 Å². The first-order valence-electron chi connectivity index (χ1n) is 9.30. The molecular weight excluding hydrogens is 432 g/mol. The number of nitrogens with zero attached hydrogens (tertiary/aromatic N) is 1. The summed E-state index contributed by atoms with van der Waals surface area (Å²) in [4.78, 5) is 2.04. The largest absolute Gasteiger partial charge is 0.296 e. The Labute approximate surface area is 178 Å². The number of aryl methyl sites for hydroxylation is 1. The SMILES string of the molecule is CCN(CC)C(CNS(=O)(=O)c1cc(S(C)(=O)=O)ccc1C)c1ccccc1Cl. The molecule has 1 atom stereocenters. The molecular formula is C20H27ClN2O4S2. The fourth-order valence-corrected chi connectivity index (χ4v) is 5.50. The maximum Gasteiger partial charge on any atom is 0.240 e. The third-order valence-electron chi connectivity index (χ3n) is 4.86. The predicted molar refractivity (Wildman–Crippen MR) is 117 cm³/mol. The first-order valence-corrected chi connectivity index (χ1v) is 13.0. The first-order chi connectivity index (χ1) is 13.5. The van der Waals surface area contributed by atoms with Crippen LogP contribution in [0.25, 0.3) is 0 Å². The second-order valence-corrected chi connectivity index (χ2v) is 11.0. The lowest BCUT2D eigenvalue weighted by Crippen LogP contribution is -2.38. The Balaban J connectivity index is 2.39. The Morgan fingerprint density at radius 1 is 1.03 bits per heavy atom. The minimum Gasteiger partial charge on any atom is -0.296 e. The first kappa shape index (κ1) is 23.8. The second-order valence-electron chi connectivity index (χ2n) is 6.81. The number of rotatable bonds is 9. The Morgan fingerprint density at radius 2 is 1.66 bits per heavy atom. The van der Waals surface area contributed by atoms with Crippen LogP contribution in [0.15, 0.2) is 52.3 Å². The topological polar surface area (TPSA) is 83.6 Å². The minimum atomic E-state index is -3.92. The van der Waals surface area contributed by atoms with Crippen LogP contribution in [0.2, 0.25) is 5.02 Å². The molecule has 0 aliphatic rings. The van der Waals surface area contributed by atoms with Crippen LogP contribution in [0, 0.1) is 6.92 Å². The fourth-order valence-electron chi connectivity index (χ4n) is 3.21. The summed E-state index contributed by atoms with van der Waals surface area (Å²) >= 11 is 6.37. The zero-order chi connectivity index (χ0) is 21.8. The molecule has 2 aromatic carbocycles. The number of benzene rings is 2. The molecule has 0 aliphatic carbocycles. The van der Waals surface area contributed by atoms with Gasteiger partial charge in [-0.2, -0.15) is 0 Å². The number of sulfonamides is 1. The molecule has 0 aliphatic heterocycles. The van der Waals surface area contributed by atoms with Crippen LogP contribution in [0.1, 0.15) is 31.0 Å². The highest BCUT2D eigenvalue weighted by atomic mass is 35.5. The van der Waals surface area contributed by atoms with E-state index in [4.69, 9.17) is 11.6 Å². The maximum atomic E-state index is 13.0. The van der Waals surface area contributed by atoms with Gasteiger partial charge in [-0.05, 0) is 49.3 Å². The molecule has 0 saturated heterocycles. The molecule has 6 nitrogen and oxygen atoms in total. The minimum absolute atomic E-state index is 0.0325. The summed E-state index contributed by atoms with van der Waals surface area (Å²) < 4.78 is 52.3. The van der Waals surface area contributed by atoms with Crippen molar-refractivity contribution in [2.45, 2.75) is 36.6 Å². The summed E-state index contributed by atoms with van der Waals surface area (Å²) in [5.41, 5.74) is 1.31. The van der Waals surface area contributed by atoms with Crippen molar-refractivity contribution in [3.05, 3.63) is 58.6 Å². The zero-order valence-electron chi connectivity index (χ0n) is 17.0. The van der Waals surface area contributed by atoms with Crippen LogP contribution in [0.4, 0.5) is 0 Å². The fraction of sp³-hybridized carbons (Fsp3) is 0.400. The molecule has 2 aromatic rings.